The summed E-state index contributed by atoms with van der Waals surface area (Å²) in [7, 11) is 0. The Hall–Kier alpha value is -3.62. The fourth-order valence-electron chi connectivity index (χ4n) is 2.02. The van der Waals surface area contributed by atoms with E-state index in [0.29, 0.717) is 0 Å². The maximum atomic E-state index is 12.2. The third-order valence-electron chi connectivity index (χ3n) is 3.06. The van der Waals surface area contributed by atoms with E-state index in [0.717, 1.165) is 18.3 Å². The molecule has 0 unspecified atom stereocenters. The van der Waals surface area contributed by atoms with Crippen LogP contribution in [0.1, 0.15) is 26.3 Å². The van der Waals surface area contributed by atoms with Gasteiger partial charge in [0.25, 0.3) is 5.91 Å². The van der Waals surface area contributed by atoms with Crippen LogP contribution in [-0.2, 0) is 11.2 Å². The molecule has 2 aromatic rings. The molecule has 124 valence electrons. The zero-order chi connectivity index (χ0) is 17.9. The summed E-state index contributed by atoms with van der Waals surface area (Å²) in [6.45, 7) is 0. The predicted molar refractivity (Wildman–Crippen MR) is 80.3 cm³/mol. The molecule has 1 aromatic heterocycles. The second kappa shape index (κ2) is 6.65. The fraction of sp³-hybridized carbons (Fsp3) is 0.0667. The van der Waals surface area contributed by atoms with E-state index < -0.39 is 41.3 Å². The zero-order valence-corrected chi connectivity index (χ0v) is 12.1. The highest BCUT2D eigenvalue weighted by atomic mass is 16.4. The number of anilines is 1. The number of phenolic OH excluding ortho intramolecular Hbond substituents is 2. The summed E-state index contributed by atoms with van der Waals surface area (Å²) < 4.78 is 0. The van der Waals surface area contributed by atoms with Gasteiger partial charge >= 0.3 is 11.9 Å². The van der Waals surface area contributed by atoms with Gasteiger partial charge in [0.1, 0.15) is 11.5 Å². The van der Waals surface area contributed by atoms with Gasteiger partial charge in [-0.05, 0) is 18.2 Å². The molecule has 1 amide bonds. The number of nitrogens with one attached hydrogen (secondary N) is 1. The molecule has 1 aromatic carbocycles. The van der Waals surface area contributed by atoms with Crippen LogP contribution in [-0.4, -0.2) is 43.3 Å². The smallest absolute Gasteiger partial charge is 0.337 e. The van der Waals surface area contributed by atoms with Gasteiger partial charge < -0.3 is 25.7 Å². The molecule has 0 fully saturated rings. The molecular formula is C15H12N2O7. The molecule has 9 nitrogen and oxygen atoms in total. The Morgan fingerprint density at radius 2 is 1.79 bits per heavy atom. The van der Waals surface area contributed by atoms with Crippen molar-refractivity contribution < 1.29 is 34.8 Å². The summed E-state index contributed by atoms with van der Waals surface area (Å²) in [5, 5.41) is 39.7. The van der Waals surface area contributed by atoms with Gasteiger partial charge in [0.05, 0.1) is 29.4 Å². The Balaban J connectivity index is 2.39. The molecule has 0 atom stereocenters. The Bertz CT molecular complexity index is 833. The number of pyridine rings is 1. The van der Waals surface area contributed by atoms with Gasteiger partial charge in [-0.25, -0.2) is 4.79 Å². The first-order chi connectivity index (χ1) is 11.3. The van der Waals surface area contributed by atoms with Crippen molar-refractivity contribution in [3.63, 3.8) is 0 Å². The highest BCUT2D eigenvalue weighted by molar-refractivity contribution is 6.09. The summed E-state index contributed by atoms with van der Waals surface area (Å²) in [5.74, 6) is -4.51. The molecule has 0 saturated carbocycles. The molecule has 0 bridgehead atoms. The molecular weight excluding hydrogens is 320 g/mol. The zero-order valence-electron chi connectivity index (χ0n) is 12.1. The van der Waals surface area contributed by atoms with Gasteiger partial charge in [-0.15, -0.1) is 0 Å². The lowest BCUT2D eigenvalue weighted by molar-refractivity contribution is -0.136. The number of nitrogens with zero attached hydrogens (tertiary/aromatic N) is 1. The van der Waals surface area contributed by atoms with Crippen LogP contribution in [0.15, 0.2) is 30.6 Å². The van der Waals surface area contributed by atoms with Crippen LogP contribution in [0.5, 0.6) is 11.5 Å². The number of hydrogen-bond donors (Lipinski definition) is 5. The van der Waals surface area contributed by atoms with Gasteiger partial charge in [-0.1, -0.05) is 0 Å². The fourth-order valence-corrected chi connectivity index (χ4v) is 2.02. The summed E-state index contributed by atoms with van der Waals surface area (Å²) in [6, 6.07) is 3.13. The van der Waals surface area contributed by atoms with Crippen molar-refractivity contribution in [3.8, 4) is 11.5 Å². The van der Waals surface area contributed by atoms with E-state index in [4.69, 9.17) is 10.2 Å². The van der Waals surface area contributed by atoms with E-state index in [9.17, 15) is 24.6 Å². The first-order valence-electron chi connectivity index (χ1n) is 6.55. The number of carbonyl (C=O) groups excluding carboxylic acids is 1. The van der Waals surface area contributed by atoms with Gasteiger partial charge in [0, 0.05) is 11.8 Å². The minimum absolute atomic E-state index is 0.113. The molecule has 0 saturated heterocycles. The molecule has 5 N–H and O–H groups in total. The highest BCUT2D eigenvalue weighted by Crippen LogP contribution is 2.29. The van der Waals surface area contributed by atoms with E-state index in [1.54, 1.807) is 0 Å². The number of carbonyl (C=O) groups is 3. The second-order valence-corrected chi connectivity index (χ2v) is 4.75. The van der Waals surface area contributed by atoms with Crippen LogP contribution in [0, 0.1) is 0 Å². The monoisotopic (exact) mass is 332 g/mol. The first kappa shape index (κ1) is 16.7. The highest BCUT2D eigenvalue weighted by Gasteiger charge is 2.20. The van der Waals surface area contributed by atoms with E-state index >= 15 is 0 Å². The van der Waals surface area contributed by atoms with Gasteiger partial charge in [-0.3, -0.25) is 14.6 Å². The predicted octanol–water partition coefficient (Wildman–Crippen LogP) is 1.07. The van der Waals surface area contributed by atoms with Crippen molar-refractivity contribution in [2.45, 2.75) is 6.42 Å². The molecule has 2 rings (SSSR count). The van der Waals surface area contributed by atoms with Crippen molar-refractivity contribution in [1.82, 2.24) is 4.98 Å². The number of aromatic carboxylic acids is 1. The Morgan fingerprint density at radius 3 is 2.42 bits per heavy atom. The normalized spacial score (nSPS) is 10.2. The molecule has 0 spiro atoms. The third-order valence-corrected chi connectivity index (χ3v) is 3.06. The first-order valence-corrected chi connectivity index (χ1v) is 6.55. The average molecular weight is 332 g/mol. The molecule has 24 heavy (non-hydrogen) atoms. The van der Waals surface area contributed by atoms with Crippen molar-refractivity contribution in [3.05, 3.63) is 47.3 Å². The molecule has 0 aliphatic heterocycles. The number of aromatic nitrogens is 1. The topological polar surface area (TPSA) is 157 Å². The minimum atomic E-state index is -1.29. The number of amides is 1. The SMILES string of the molecule is O=C(O)Cc1cc(O)cc(C(=O)Nc2cnccc2C(=O)O)c1O. The lowest BCUT2D eigenvalue weighted by Gasteiger charge is -2.11. The summed E-state index contributed by atoms with van der Waals surface area (Å²) >= 11 is 0. The molecule has 0 aliphatic carbocycles. The lowest BCUT2D eigenvalue weighted by Crippen LogP contribution is -2.16. The second-order valence-electron chi connectivity index (χ2n) is 4.75. The van der Waals surface area contributed by atoms with Crippen LogP contribution < -0.4 is 5.32 Å². The standard InChI is InChI=1S/C15H12N2O7/c18-8-3-7(4-12(19)20)13(21)10(5-8)14(22)17-11-6-16-2-1-9(11)15(23)24/h1-3,5-6,18,21H,4H2,(H,17,22)(H,19,20)(H,23,24). The Labute approximate surface area is 134 Å². The minimum Gasteiger partial charge on any atom is -0.508 e. The Morgan fingerprint density at radius 1 is 1.08 bits per heavy atom. The van der Waals surface area contributed by atoms with Crippen LogP contribution >= 0.6 is 0 Å². The van der Waals surface area contributed by atoms with Crippen LogP contribution in [0.3, 0.4) is 0 Å². The van der Waals surface area contributed by atoms with Crippen molar-refractivity contribution in [1.29, 1.82) is 0 Å². The lowest BCUT2D eigenvalue weighted by atomic mass is 10.0. The molecule has 0 aliphatic rings. The number of rotatable bonds is 5. The Kier molecular flexibility index (Phi) is 4.64. The number of aromatic hydroxyl groups is 2. The van der Waals surface area contributed by atoms with Crippen LogP contribution in [0.2, 0.25) is 0 Å². The number of hydrogen-bond acceptors (Lipinski definition) is 6. The largest absolute Gasteiger partial charge is 0.508 e. The van der Waals surface area contributed by atoms with Crippen LogP contribution in [0.4, 0.5) is 5.69 Å². The summed E-state index contributed by atoms with van der Waals surface area (Å²) in [5.41, 5.74) is -0.884. The van der Waals surface area contributed by atoms with E-state index in [1.165, 1.54) is 12.3 Å². The molecule has 9 heteroatoms. The summed E-state index contributed by atoms with van der Waals surface area (Å²) in [4.78, 5) is 37.8. The summed E-state index contributed by atoms with van der Waals surface area (Å²) in [6.07, 6.45) is 1.74. The maximum Gasteiger partial charge on any atom is 0.337 e. The quantitative estimate of drug-likeness (QED) is 0.509. The van der Waals surface area contributed by atoms with Crippen molar-refractivity contribution in [2.75, 3.05) is 5.32 Å². The van der Waals surface area contributed by atoms with Crippen molar-refractivity contribution in [2.24, 2.45) is 0 Å². The van der Waals surface area contributed by atoms with E-state index in [-0.39, 0.29) is 16.8 Å². The number of aliphatic carboxylic acids is 1. The van der Waals surface area contributed by atoms with Gasteiger partial charge in [0.2, 0.25) is 0 Å². The van der Waals surface area contributed by atoms with Crippen LogP contribution in [0.25, 0.3) is 0 Å². The van der Waals surface area contributed by atoms with Gasteiger partial charge in [-0.2, -0.15) is 0 Å². The maximum absolute atomic E-state index is 12.2. The van der Waals surface area contributed by atoms with Crippen molar-refractivity contribution >= 4 is 23.5 Å². The number of phenols is 2. The van der Waals surface area contributed by atoms with E-state index in [2.05, 4.69) is 10.3 Å². The van der Waals surface area contributed by atoms with Gasteiger partial charge in [0.15, 0.2) is 0 Å². The number of carboxylic acids is 2. The number of benzene rings is 1. The molecule has 1 heterocycles. The molecule has 0 radical (unpaired) electrons. The number of carboxylic acid groups (broad SMARTS) is 2. The van der Waals surface area contributed by atoms with E-state index in [1.807, 2.05) is 0 Å². The third kappa shape index (κ3) is 3.58. The average Bonchev–Trinajstić information content (AvgIpc) is 2.50.